The summed E-state index contributed by atoms with van der Waals surface area (Å²) >= 11 is 0. The zero-order valence-corrected chi connectivity index (χ0v) is 3.73. The van der Waals surface area contributed by atoms with Crippen molar-refractivity contribution in [3.05, 3.63) is 0 Å². The van der Waals surface area contributed by atoms with Gasteiger partial charge in [-0.3, -0.25) is 0 Å². The third-order valence-electron chi connectivity index (χ3n) is 0.569. The molecule has 0 spiro atoms. The summed E-state index contributed by atoms with van der Waals surface area (Å²) in [6.45, 7) is 0.810. The van der Waals surface area contributed by atoms with Crippen molar-refractivity contribution < 1.29 is 9.01 Å². The summed E-state index contributed by atoms with van der Waals surface area (Å²) in [6.07, 6.45) is 0. The molecule has 0 bridgehead atoms. The minimum atomic E-state index is -1.44. The first-order valence-electron chi connectivity index (χ1n) is 1.55. The third-order valence-corrected chi connectivity index (χ3v) is 1.71. The van der Waals surface area contributed by atoms with Crippen molar-refractivity contribution in [1.82, 2.24) is 0 Å². The van der Waals surface area contributed by atoms with E-state index in [1.807, 2.05) is 0 Å². The predicted molar refractivity (Wildman–Crippen MR) is 24.4 cm³/mol. The maximum atomic E-state index is 9.86. The molecule has 0 aromatic rings. The monoisotopic (exact) mass is 88.0 g/mol. The fraction of sp³-hybridized carbons (Fsp3) is 0. The van der Waals surface area contributed by atoms with Gasteiger partial charge in [-0.15, -0.1) is 0 Å². The second kappa shape index (κ2) is 1.19. The topological polar surface area (TPSA) is 26.3 Å². The standard InChI is InChI=1S/B2H3O2P/c3-5-2-1-4-5/h1-2,5H. The summed E-state index contributed by atoms with van der Waals surface area (Å²) in [6, 6.07) is 0. The lowest BCUT2D eigenvalue weighted by atomic mass is 9.70. The van der Waals surface area contributed by atoms with E-state index in [2.05, 4.69) is 4.44 Å². The van der Waals surface area contributed by atoms with Gasteiger partial charge in [0.25, 0.3) is 7.37 Å². The molecule has 0 aromatic heterocycles. The number of hydrogen-bond donors (Lipinski definition) is 0. The van der Waals surface area contributed by atoms with E-state index in [1.54, 1.807) is 0 Å². The summed E-state index contributed by atoms with van der Waals surface area (Å²) in [4.78, 5) is 0. The highest BCUT2D eigenvalue weighted by molar-refractivity contribution is 7.87. The highest BCUT2D eigenvalue weighted by Crippen LogP contribution is 2.25. The SMILES string of the molecule is O=[PH]1BBO1. The van der Waals surface area contributed by atoms with Crippen molar-refractivity contribution in [2.75, 3.05) is 0 Å². The van der Waals surface area contributed by atoms with Crippen LogP contribution in [0, 0.1) is 0 Å². The van der Waals surface area contributed by atoms with Crippen molar-refractivity contribution in [2.24, 2.45) is 0 Å². The van der Waals surface area contributed by atoms with E-state index in [0.717, 1.165) is 14.3 Å². The second-order valence-corrected chi connectivity index (χ2v) is 2.50. The highest BCUT2D eigenvalue weighted by atomic mass is 31.1. The molecule has 1 aliphatic heterocycles. The molecule has 1 saturated heterocycles. The van der Waals surface area contributed by atoms with Gasteiger partial charge in [-0.1, -0.05) is 0 Å². The van der Waals surface area contributed by atoms with E-state index in [1.165, 1.54) is 0 Å². The Kier molecular flexibility index (Phi) is 0.836. The Morgan fingerprint density at radius 2 is 2.20 bits per heavy atom. The lowest BCUT2D eigenvalue weighted by Crippen LogP contribution is -2.12. The van der Waals surface area contributed by atoms with E-state index >= 15 is 0 Å². The molecule has 1 heterocycles. The van der Waals surface area contributed by atoms with Crippen LogP contribution in [0.3, 0.4) is 0 Å². The molecule has 26 valence electrons. The van der Waals surface area contributed by atoms with Gasteiger partial charge in [0.2, 0.25) is 6.89 Å². The maximum absolute atomic E-state index is 9.86. The van der Waals surface area contributed by atoms with Crippen LogP contribution in [-0.2, 0) is 9.01 Å². The van der Waals surface area contributed by atoms with Crippen molar-refractivity contribution in [3.8, 4) is 0 Å². The summed E-state index contributed by atoms with van der Waals surface area (Å²) in [5.41, 5.74) is 0. The average molecular weight is 87.6 g/mol. The Morgan fingerprint density at radius 3 is 2.20 bits per heavy atom. The molecular formula is H3B2O2P. The van der Waals surface area contributed by atoms with Gasteiger partial charge in [0.15, 0.2) is 0 Å². The molecule has 5 heteroatoms. The molecule has 0 radical (unpaired) electrons. The minimum absolute atomic E-state index is 0.720. The van der Waals surface area contributed by atoms with Gasteiger partial charge in [0, 0.05) is 0 Å². The smallest absolute Gasteiger partial charge is 0.255 e. The molecule has 1 unspecified atom stereocenters. The Balaban J connectivity index is 2.32. The van der Waals surface area contributed by atoms with Crippen molar-refractivity contribution in [1.29, 1.82) is 0 Å². The lowest BCUT2D eigenvalue weighted by molar-refractivity contribution is 0.530. The molecule has 0 saturated carbocycles. The van der Waals surface area contributed by atoms with Crippen LogP contribution in [0.1, 0.15) is 0 Å². The Hall–Kier alpha value is 0.320. The first kappa shape index (κ1) is 3.51. The molecule has 1 rings (SSSR count). The first-order chi connectivity index (χ1) is 2.39. The minimum Gasteiger partial charge on any atom is -0.412 e. The van der Waals surface area contributed by atoms with E-state index in [-0.39, 0.29) is 0 Å². The molecular weight excluding hydrogens is 84.6 g/mol. The lowest BCUT2D eigenvalue weighted by Gasteiger charge is -2.06. The Bertz CT molecular complexity index is 54.7. The fourth-order valence-corrected chi connectivity index (χ4v) is 0.556. The van der Waals surface area contributed by atoms with Gasteiger partial charge in [0.05, 0.1) is 0 Å². The van der Waals surface area contributed by atoms with Crippen LogP contribution in [0.2, 0.25) is 0 Å². The van der Waals surface area contributed by atoms with Crippen LogP contribution in [0.15, 0.2) is 0 Å². The number of rotatable bonds is 0. The van der Waals surface area contributed by atoms with Crippen LogP contribution < -0.4 is 0 Å². The second-order valence-electron chi connectivity index (χ2n) is 0.970. The highest BCUT2D eigenvalue weighted by Gasteiger charge is 2.13. The van der Waals surface area contributed by atoms with E-state index < -0.39 is 7.91 Å². The van der Waals surface area contributed by atoms with Gasteiger partial charge in [-0.25, -0.2) is 0 Å². The average Bonchev–Trinajstić information content (AvgIpc) is 1.30. The third kappa shape index (κ3) is 0.582. The molecule has 1 atom stereocenters. The molecule has 0 aromatic carbocycles. The molecule has 0 amide bonds. The van der Waals surface area contributed by atoms with Crippen molar-refractivity contribution in [2.45, 2.75) is 0 Å². The summed E-state index contributed by atoms with van der Waals surface area (Å²) < 4.78 is 14.3. The van der Waals surface area contributed by atoms with Crippen LogP contribution >= 0.6 is 7.91 Å². The van der Waals surface area contributed by atoms with Gasteiger partial charge in [-0.05, 0) is 0 Å². The quantitative estimate of drug-likeness (QED) is 0.283. The van der Waals surface area contributed by atoms with Gasteiger partial charge in [0.1, 0.15) is 7.91 Å². The largest absolute Gasteiger partial charge is 0.412 e. The van der Waals surface area contributed by atoms with Gasteiger partial charge in [-0.2, -0.15) is 0 Å². The molecule has 1 fully saturated rings. The van der Waals surface area contributed by atoms with E-state index in [4.69, 9.17) is 0 Å². The molecule has 5 heavy (non-hydrogen) atoms. The van der Waals surface area contributed by atoms with E-state index in [0.29, 0.717) is 0 Å². The van der Waals surface area contributed by atoms with Crippen LogP contribution in [-0.4, -0.2) is 14.3 Å². The zero-order valence-electron chi connectivity index (χ0n) is 2.73. The molecule has 0 N–H and O–H groups in total. The molecule has 1 aliphatic rings. The van der Waals surface area contributed by atoms with Gasteiger partial charge < -0.3 is 9.01 Å². The van der Waals surface area contributed by atoms with E-state index in [9.17, 15) is 4.57 Å². The fourth-order valence-electron chi connectivity index (χ4n) is 0.185. The summed E-state index contributed by atoms with van der Waals surface area (Å²) in [5, 5.41) is 0. The normalized spacial score (nSPS) is 33.2. The van der Waals surface area contributed by atoms with Crippen LogP contribution in [0.5, 0.6) is 0 Å². The van der Waals surface area contributed by atoms with Crippen molar-refractivity contribution >= 4 is 22.2 Å². The molecule has 0 aliphatic carbocycles. The van der Waals surface area contributed by atoms with Crippen LogP contribution in [0.25, 0.3) is 0 Å². The molecule has 2 nitrogen and oxygen atoms in total. The zero-order chi connectivity index (χ0) is 3.70. The Labute approximate surface area is 32.2 Å². The van der Waals surface area contributed by atoms with Crippen molar-refractivity contribution in [3.63, 3.8) is 0 Å². The Morgan fingerprint density at radius 1 is 1.80 bits per heavy atom. The first-order valence-corrected chi connectivity index (χ1v) is 3.07. The maximum Gasteiger partial charge on any atom is 0.255 e. The number of hydrogen-bond acceptors (Lipinski definition) is 2. The van der Waals surface area contributed by atoms with Gasteiger partial charge >= 0.3 is 0 Å². The predicted octanol–water partition coefficient (Wildman–Crippen LogP) is -0.891. The van der Waals surface area contributed by atoms with Crippen LogP contribution in [0.4, 0.5) is 0 Å². The summed E-state index contributed by atoms with van der Waals surface area (Å²) in [7, 11) is -0.723. The summed E-state index contributed by atoms with van der Waals surface area (Å²) in [5.74, 6) is 0.